The van der Waals surface area contributed by atoms with Crippen LogP contribution in [0.1, 0.15) is 15.9 Å². The van der Waals surface area contributed by atoms with Gasteiger partial charge in [-0.1, -0.05) is 0 Å². The summed E-state index contributed by atoms with van der Waals surface area (Å²) in [5, 5.41) is 6.27. The van der Waals surface area contributed by atoms with Gasteiger partial charge in [-0.25, -0.2) is 4.98 Å². The summed E-state index contributed by atoms with van der Waals surface area (Å²) in [7, 11) is 4.98. The summed E-state index contributed by atoms with van der Waals surface area (Å²) in [5.74, 6) is 3.32. The van der Waals surface area contributed by atoms with Gasteiger partial charge in [-0.3, -0.25) is 9.79 Å². The molecular formula is C20H21N5O3. The Morgan fingerprint density at radius 1 is 1.25 bits per heavy atom. The van der Waals surface area contributed by atoms with Gasteiger partial charge >= 0.3 is 0 Å². The van der Waals surface area contributed by atoms with E-state index in [4.69, 9.17) is 9.47 Å². The lowest BCUT2D eigenvalue weighted by molar-refractivity contribution is 0.104. The van der Waals surface area contributed by atoms with Gasteiger partial charge in [0, 0.05) is 43.1 Å². The van der Waals surface area contributed by atoms with E-state index in [9.17, 15) is 4.79 Å². The fourth-order valence-corrected chi connectivity index (χ4v) is 3.29. The monoisotopic (exact) mass is 379 g/mol. The number of nitrogens with zero attached hydrogens (tertiary/aromatic N) is 3. The number of aromatic nitrogens is 1. The van der Waals surface area contributed by atoms with Gasteiger partial charge in [0.15, 0.2) is 17.3 Å². The second-order valence-electron chi connectivity index (χ2n) is 6.31. The number of aliphatic imine (C=N–C) groups is 1. The Hall–Kier alpha value is -3.55. The molecule has 0 saturated heterocycles. The third kappa shape index (κ3) is 3.02. The second-order valence-corrected chi connectivity index (χ2v) is 6.31. The molecule has 3 heterocycles. The number of carbonyl (C=O) groups is 1. The van der Waals surface area contributed by atoms with Gasteiger partial charge in [0.1, 0.15) is 17.5 Å². The number of allylic oxidation sites excluding steroid dienone is 1. The minimum absolute atomic E-state index is 0.132. The molecule has 0 unspecified atom stereocenters. The lowest BCUT2D eigenvalue weighted by Gasteiger charge is -2.31. The van der Waals surface area contributed by atoms with Crippen LogP contribution in [0.2, 0.25) is 0 Å². The van der Waals surface area contributed by atoms with Crippen LogP contribution >= 0.6 is 0 Å². The number of amidine groups is 1. The Morgan fingerprint density at radius 3 is 2.71 bits per heavy atom. The molecule has 2 N–H and O–H groups in total. The molecule has 0 atom stereocenters. The first-order valence-electron chi connectivity index (χ1n) is 8.90. The zero-order chi connectivity index (χ0) is 19.7. The van der Waals surface area contributed by atoms with Crippen molar-refractivity contribution in [2.45, 2.75) is 0 Å². The molecule has 0 aliphatic carbocycles. The van der Waals surface area contributed by atoms with Crippen LogP contribution in [0.5, 0.6) is 11.5 Å². The maximum absolute atomic E-state index is 12.7. The minimum atomic E-state index is -0.132. The van der Waals surface area contributed by atoms with Crippen LogP contribution in [0.3, 0.4) is 0 Å². The van der Waals surface area contributed by atoms with Crippen molar-refractivity contribution in [3.8, 4) is 11.5 Å². The molecule has 0 fully saturated rings. The van der Waals surface area contributed by atoms with E-state index in [1.807, 2.05) is 17.0 Å². The van der Waals surface area contributed by atoms with E-state index in [0.29, 0.717) is 41.8 Å². The van der Waals surface area contributed by atoms with E-state index < -0.39 is 0 Å². The molecule has 2 aliphatic heterocycles. The van der Waals surface area contributed by atoms with Gasteiger partial charge in [0.05, 0.1) is 26.5 Å². The summed E-state index contributed by atoms with van der Waals surface area (Å²) in [5.41, 5.74) is 2.25. The van der Waals surface area contributed by atoms with Crippen LogP contribution in [-0.4, -0.2) is 55.9 Å². The van der Waals surface area contributed by atoms with Crippen molar-refractivity contribution in [2.24, 2.45) is 4.99 Å². The van der Waals surface area contributed by atoms with Crippen molar-refractivity contribution < 1.29 is 14.3 Å². The number of ketones is 1. The van der Waals surface area contributed by atoms with Gasteiger partial charge in [-0.2, -0.15) is 0 Å². The number of hydrogen-bond donors (Lipinski definition) is 2. The summed E-state index contributed by atoms with van der Waals surface area (Å²) >= 11 is 0. The lowest BCUT2D eigenvalue weighted by atomic mass is 10.1. The third-order valence-electron chi connectivity index (χ3n) is 4.73. The number of pyridine rings is 1. The molecule has 1 aromatic heterocycles. The summed E-state index contributed by atoms with van der Waals surface area (Å²) in [6.45, 7) is 1.36. The number of fused-ring (bicyclic) bond motifs is 3. The van der Waals surface area contributed by atoms with E-state index in [-0.39, 0.29) is 5.78 Å². The molecule has 28 heavy (non-hydrogen) atoms. The Morgan fingerprint density at radius 2 is 2.04 bits per heavy atom. The largest absolute Gasteiger partial charge is 0.493 e. The van der Waals surface area contributed by atoms with Crippen molar-refractivity contribution in [3.63, 3.8) is 0 Å². The minimum Gasteiger partial charge on any atom is -0.493 e. The van der Waals surface area contributed by atoms with Crippen LogP contribution < -0.4 is 20.1 Å². The van der Waals surface area contributed by atoms with Crippen molar-refractivity contribution in [3.05, 3.63) is 53.5 Å². The van der Waals surface area contributed by atoms with Crippen LogP contribution in [0, 0.1) is 0 Å². The molecule has 0 spiro atoms. The molecular weight excluding hydrogens is 358 g/mol. The molecule has 0 bridgehead atoms. The lowest BCUT2D eigenvalue weighted by Crippen LogP contribution is -2.36. The van der Waals surface area contributed by atoms with E-state index in [1.54, 1.807) is 45.7 Å². The quantitative estimate of drug-likeness (QED) is 0.609. The Labute approximate surface area is 162 Å². The maximum atomic E-state index is 12.7. The van der Waals surface area contributed by atoms with E-state index in [0.717, 1.165) is 17.1 Å². The number of nitrogens with one attached hydrogen (secondary N) is 2. The smallest absolute Gasteiger partial charge is 0.191 e. The highest BCUT2D eigenvalue weighted by Gasteiger charge is 2.31. The number of rotatable bonds is 5. The molecule has 144 valence electrons. The first-order valence-corrected chi connectivity index (χ1v) is 8.90. The molecule has 1 aromatic carbocycles. The van der Waals surface area contributed by atoms with Gasteiger partial charge < -0.3 is 25.0 Å². The second kappa shape index (κ2) is 7.22. The van der Waals surface area contributed by atoms with Gasteiger partial charge in [-0.05, 0) is 18.2 Å². The Kier molecular flexibility index (Phi) is 4.60. The van der Waals surface area contributed by atoms with Crippen LogP contribution in [0.15, 0.2) is 47.4 Å². The van der Waals surface area contributed by atoms with Gasteiger partial charge in [0.25, 0.3) is 0 Å². The topological polar surface area (TPSA) is 88.1 Å². The zero-order valence-electron chi connectivity index (χ0n) is 15.9. The molecule has 0 amide bonds. The van der Waals surface area contributed by atoms with Crippen molar-refractivity contribution in [1.29, 1.82) is 0 Å². The SMILES string of the molecule is CNc1ccc(C(=O)/C=C2\Nc3cc(OC)c(OC)cc3C3=NCCN32)cn1. The molecule has 8 nitrogen and oxygen atoms in total. The Bertz CT molecular complexity index is 982. The fraction of sp³-hybridized carbons (Fsp3) is 0.250. The number of methoxy groups -OCH3 is 2. The van der Waals surface area contributed by atoms with Crippen molar-refractivity contribution in [1.82, 2.24) is 9.88 Å². The number of hydrogen-bond acceptors (Lipinski definition) is 8. The number of anilines is 2. The highest BCUT2D eigenvalue weighted by Crippen LogP contribution is 2.38. The average molecular weight is 379 g/mol. The highest BCUT2D eigenvalue weighted by atomic mass is 16.5. The molecule has 8 heteroatoms. The van der Waals surface area contributed by atoms with Gasteiger partial charge in [-0.15, -0.1) is 0 Å². The van der Waals surface area contributed by atoms with E-state index >= 15 is 0 Å². The fourth-order valence-electron chi connectivity index (χ4n) is 3.29. The summed E-state index contributed by atoms with van der Waals surface area (Å²) < 4.78 is 10.8. The summed E-state index contributed by atoms with van der Waals surface area (Å²) in [6, 6.07) is 7.28. The van der Waals surface area contributed by atoms with Gasteiger partial charge in [0.2, 0.25) is 0 Å². The predicted octanol–water partition coefficient (Wildman–Crippen LogP) is 2.35. The normalized spacial score (nSPS) is 16.0. The number of carbonyl (C=O) groups excluding carboxylic acids is 1. The molecule has 0 saturated carbocycles. The number of ether oxygens (including phenoxy) is 2. The van der Waals surface area contributed by atoms with Crippen LogP contribution in [-0.2, 0) is 0 Å². The molecule has 4 rings (SSSR count). The molecule has 2 aromatic rings. The summed E-state index contributed by atoms with van der Waals surface area (Å²) in [4.78, 5) is 23.6. The zero-order valence-corrected chi connectivity index (χ0v) is 15.9. The predicted molar refractivity (Wildman–Crippen MR) is 107 cm³/mol. The Balaban J connectivity index is 1.71. The van der Waals surface area contributed by atoms with Crippen molar-refractivity contribution >= 4 is 23.1 Å². The van der Waals surface area contributed by atoms with E-state index in [2.05, 4.69) is 20.6 Å². The third-order valence-corrected chi connectivity index (χ3v) is 4.73. The first kappa shape index (κ1) is 17.8. The van der Waals surface area contributed by atoms with Crippen molar-refractivity contribution in [2.75, 3.05) is 45.0 Å². The summed E-state index contributed by atoms with van der Waals surface area (Å²) in [6.07, 6.45) is 3.14. The van der Waals surface area contributed by atoms with E-state index in [1.165, 1.54) is 0 Å². The first-order chi connectivity index (χ1) is 13.6. The number of benzene rings is 1. The maximum Gasteiger partial charge on any atom is 0.191 e. The molecule has 2 aliphatic rings. The molecule has 0 radical (unpaired) electrons. The average Bonchev–Trinajstić information content (AvgIpc) is 3.23. The highest BCUT2D eigenvalue weighted by molar-refractivity contribution is 6.10. The van der Waals surface area contributed by atoms with Crippen LogP contribution in [0.4, 0.5) is 11.5 Å². The standard InChI is InChI=1S/C20H21N5O3/c1-21-18-5-4-12(11-23-18)15(26)10-19-24-14-9-17(28-3)16(27-2)8-13(14)20-22-6-7-25(19)20/h4-5,8-11,24H,6-7H2,1-3H3,(H,21,23)/b19-10+. The van der Waals surface area contributed by atoms with Crippen LogP contribution in [0.25, 0.3) is 0 Å².